The van der Waals surface area contributed by atoms with Gasteiger partial charge in [-0.05, 0) is 43.7 Å². The van der Waals surface area contributed by atoms with Gasteiger partial charge in [0.05, 0.1) is 24.5 Å². The number of carbonyl (C=O) groups is 1. The van der Waals surface area contributed by atoms with E-state index < -0.39 is 23.5 Å². The van der Waals surface area contributed by atoms with E-state index in [0.29, 0.717) is 40.7 Å². The molecule has 3 aromatic rings. The summed E-state index contributed by atoms with van der Waals surface area (Å²) in [5.74, 6) is -3.80. The quantitative estimate of drug-likeness (QED) is 0.533. The molecule has 9 heteroatoms. The number of nitrogens with zero attached hydrogens (tertiary/aromatic N) is 3. The molecular weight excluding hydrogens is 431 g/mol. The van der Waals surface area contributed by atoms with Crippen molar-refractivity contribution in [1.82, 2.24) is 14.7 Å². The highest BCUT2D eigenvalue weighted by molar-refractivity contribution is 6.31. The predicted molar refractivity (Wildman–Crippen MR) is 110 cm³/mol. The molecule has 2 heterocycles. The Balaban J connectivity index is 1.71. The molecule has 2 aromatic carbocycles. The van der Waals surface area contributed by atoms with E-state index in [-0.39, 0.29) is 11.5 Å². The Kier molecular flexibility index (Phi) is 5.43. The van der Waals surface area contributed by atoms with Crippen LogP contribution in [0.25, 0.3) is 11.3 Å². The highest BCUT2D eigenvalue weighted by Crippen LogP contribution is 2.37. The molecule has 31 heavy (non-hydrogen) atoms. The van der Waals surface area contributed by atoms with Gasteiger partial charge >= 0.3 is 0 Å². The summed E-state index contributed by atoms with van der Waals surface area (Å²) in [5, 5.41) is 4.88. The zero-order chi connectivity index (χ0) is 22.4. The number of aromatic nitrogens is 2. The average molecular weight is 450 g/mol. The Hall–Kier alpha value is -3.00. The van der Waals surface area contributed by atoms with Crippen LogP contribution in [-0.4, -0.2) is 34.2 Å². The maximum absolute atomic E-state index is 13.8. The first kappa shape index (κ1) is 21.2. The van der Waals surface area contributed by atoms with E-state index in [1.54, 1.807) is 30.1 Å². The monoisotopic (exact) mass is 449 g/mol. The first-order valence-electron chi connectivity index (χ1n) is 9.57. The molecule has 5 nitrogen and oxygen atoms in total. The first-order valence-corrected chi connectivity index (χ1v) is 9.95. The van der Waals surface area contributed by atoms with Gasteiger partial charge in [0.2, 0.25) is 0 Å². The number of aryl methyl sites for hydroxylation is 1. The third-order valence-electron chi connectivity index (χ3n) is 5.51. The van der Waals surface area contributed by atoms with Gasteiger partial charge in [-0.3, -0.25) is 9.48 Å². The molecular formula is C22H19ClF3N3O2. The van der Waals surface area contributed by atoms with Crippen molar-refractivity contribution in [3.8, 4) is 17.0 Å². The molecule has 1 aliphatic rings. The van der Waals surface area contributed by atoms with Crippen LogP contribution in [0.15, 0.2) is 30.3 Å². The Morgan fingerprint density at radius 2 is 1.84 bits per heavy atom. The van der Waals surface area contributed by atoms with E-state index in [1.165, 1.54) is 11.8 Å². The Morgan fingerprint density at radius 3 is 2.48 bits per heavy atom. The zero-order valence-electron chi connectivity index (χ0n) is 17.0. The van der Waals surface area contributed by atoms with Gasteiger partial charge in [0.1, 0.15) is 5.75 Å². The summed E-state index contributed by atoms with van der Waals surface area (Å²) in [5.41, 5.74) is 2.47. The molecule has 0 unspecified atom stereocenters. The lowest BCUT2D eigenvalue weighted by molar-refractivity contribution is 0.0673. The lowest BCUT2D eigenvalue weighted by atomic mass is 9.95. The molecule has 0 fully saturated rings. The molecule has 0 saturated heterocycles. The van der Waals surface area contributed by atoms with Crippen LogP contribution in [0.3, 0.4) is 0 Å². The van der Waals surface area contributed by atoms with Crippen molar-refractivity contribution in [3.63, 3.8) is 0 Å². The van der Waals surface area contributed by atoms with Gasteiger partial charge in [-0.25, -0.2) is 13.2 Å². The third kappa shape index (κ3) is 3.65. The van der Waals surface area contributed by atoms with Crippen LogP contribution in [0.1, 0.15) is 34.6 Å². The van der Waals surface area contributed by atoms with E-state index in [1.807, 2.05) is 6.92 Å². The Labute approximate surface area is 182 Å². The van der Waals surface area contributed by atoms with Gasteiger partial charge in [-0.2, -0.15) is 5.10 Å². The summed E-state index contributed by atoms with van der Waals surface area (Å²) in [7, 11) is 3.14. The fourth-order valence-electron chi connectivity index (χ4n) is 4.04. The average Bonchev–Trinajstić information content (AvgIpc) is 3.07. The molecule has 0 radical (unpaired) electrons. The number of fused-ring (bicyclic) bond motifs is 1. The summed E-state index contributed by atoms with van der Waals surface area (Å²) < 4.78 is 47.7. The van der Waals surface area contributed by atoms with Gasteiger partial charge in [0, 0.05) is 35.3 Å². The van der Waals surface area contributed by atoms with Crippen LogP contribution in [0, 0.1) is 17.5 Å². The fourth-order valence-corrected chi connectivity index (χ4v) is 4.27. The van der Waals surface area contributed by atoms with Crippen LogP contribution >= 0.6 is 11.6 Å². The second-order valence-corrected chi connectivity index (χ2v) is 7.83. The molecule has 4 rings (SSSR count). The van der Waals surface area contributed by atoms with E-state index in [4.69, 9.17) is 16.3 Å². The highest BCUT2D eigenvalue weighted by atomic mass is 35.5. The van der Waals surface area contributed by atoms with E-state index in [9.17, 15) is 18.0 Å². The number of hydrogen-bond donors (Lipinski definition) is 0. The molecule has 0 spiro atoms. The number of hydrogen-bond acceptors (Lipinski definition) is 3. The highest BCUT2D eigenvalue weighted by Gasteiger charge is 2.34. The Bertz CT molecular complexity index is 1170. The van der Waals surface area contributed by atoms with Gasteiger partial charge in [-0.1, -0.05) is 11.6 Å². The lowest BCUT2D eigenvalue weighted by Crippen LogP contribution is -2.38. The summed E-state index contributed by atoms with van der Waals surface area (Å²) in [6.07, 6.45) is 0.424. The van der Waals surface area contributed by atoms with Gasteiger partial charge < -0.3 is 9.64 Å². The first-order chi connectivity index (χ1) is 14.7. The molecule has 1 atom stereocenters. The van der Waals surface area contributed by atoms with Crippen LogP contribution in [0.4, 0.5) is 13.2 Å². The zero-order valence-corrected chi connectivity index (χ0v) is 17.8. The minimum Gasteiger partial charge on any atom is -0.497 e. The molecule has 1 aromatic heterocycles. The SMILES string of the molecule is COc1cc(Cl)cc(C(=O)N2CCc3c(nn(C)c3-c3cc(F)c(F)c(F)c3)[C@@H]2C)c1. The number of ether oxygens (including phenoxy) is 1. The van der Waals surface area contributed by atoms with Crippen molar-refractivity contribution >= 4 is 17.5 Å². The van der Waals surface area contributed by atoms with E-state index >= 15 is 0 Å². The number of methoxy groups -OCH3 is 1. The van der Waals surface area contributed by atoms with Gasteiger partial charge in [-0.15, -0.1) is 0 Å². The third-order valence-corrected chi connectivity index (χ3v) is 5.73. The van der Waals surface area contributed by atoms with Crippen molar-refractivity contribution in [2.75, 3.05) is 13.7 Å². The van der Waals surface area contributed by atoms with Crippen molar-refractivity contribution < 1.29 is 22.7 Å². The smallest absolute Gasteiger partial charge is 0.254 e. The van der Waals surface area contributed by atoms with Crippen molar-refractivity contribution in [3.05, 3.63) is 69.6 Å². The van der Waals surface area contributed by atoms with Crippen LogP contribution in [0.5, 0.6) is 5.75 Å². The van der Waals surface area contributed by atoms with Crippen molar-refractivity contribution in [2.45, 2.75) is 19.4 Å². The topological polar surface area (TPSA) is 47.4 Å². The summed E-state index contributed by atoms with van der Waals surface area (Å²) in [6.45, 7) is 2.20. The number of benzene rings is 2. The van der Waals surface area contributed by atoms with Crippen molar-refractivity contribution in [2.24, 2.45) is 7.05 Å². The van der Waals surface area contributed by atoms with E-state index in [2.05, 4.69) is 5.10 Å². The van der Waals surface area contributed by atoms with E-state index in [0.717, 1.165) is 17.7 Å². The molecule has 0 aliphatic carbocycles. The maximum Gasteiger partial charge on any atom is 0.254 e. The molecule has 0 bridgehead atoms. The second kappa shape index (κ2) is 7.92. The number of rotatable bonds is 3. The minimum absolute atomic E-state index is 0.194. The van der Waals surface area contributed by atoms with Crippen molar-refractivity contribution in [1.29, 1.82) is 0 Å². The number of amides is 1. The normalized spacial score (nSPS) is 15.7. The number of halogens is 4. The molecule has 0 saturated carbocycles. The standard InChI is InChI=1S/C22H19ClF3N3O2/c1-11-20-16(21(28(2)27-20)12-8-17(24)19(26)18(25)9-12)4-5-29(11)22(30)13-6-14(23)10-15(7-13)31-3/h6-11H,4-5H2,1-3H3/t11-/m0/s1. The molecule has 1 amide bonds. The summed E-state index contributed by atoms with van der Waals surface area (Å²) >= 11 is 6.10. The lowest BCUT2D eigenvalue weighted by Gasteiger charge is -2.33. The molecule has 0 N–H and O–H groups in total. The molecule has 162 valence electrons. The maximum atomic E-state index is 13.8. The number of carbonyl (C=O) groups excluding carboxylic acids is 1. The molecule has 1 aliphatic heterocycles. The summed E-state index contributed by atoms with van der Waals surface area (Å²) in [4.78, 5) is 14.8. The second-order valence-electron chi connectivity index (χ2n) is 7.39. The van der Waals surface area contributed by atoms with Gasteiger partial charge in [0.25, 0.3) is 5.91 Å². The largest absolute Gasteiger partial charge is 0.497 e. The van der Waals surface area contributed by atoms with Crippen LogP contribution < -0.4 is 4.74 Å². The Morgan fingerprint density at radius 1 is 1.16 bits per heavy atom. The predicted octanol–water partition coefficient (Wildman–Crippen LogP) is 4.93. The summed E-state index contributed by atoms with van der Waals surface area (Å²) in [6, 6.07) is 6.32. The fraction of sp³-hybridized carbons (Fsp3) is 0.273. The van der Waals surface area contributed by atoms with Crippen LogP contribution in [0.2, 0.25) is 5.02 Å². The van der Waals surface area contributed by atoms with Gasteiger partial charge in [0.15, 0.2) is 17.5 Å². The minimum atomic E-state index is -1.51. The van der Waals surface area contributed by atoms with Crippen LogP contribution in [-0.2, 0) is 13.5 Å².